The van der Waals surface area contributed by atoms with E-state index in [0.717, 1.165) is 37.3 Å². The predicted octanol–water partition coefficient (Wildman–Crippen LogP) is 7.37. The summed E-state index contributed by atoms with van der Waals surface area (Å²) in [7, 11) is 1.71. The molecule has 0 saturated heterocycles. The number of nitro groups is 1. The Bertz CT molecular complexity index is 1410. The van der Waals surface area contributed by atoms with Gasteiger partial charge in [-0.3, -0.25) is 14.9 Å². The third kappa shape index (κ3) is 7.30. The van der Waals surface area contributed by atoms with Gasteiger partial charge in [-0.2, -0.15) is 5.26 Å². The maximum atomic E-state index is 11.5. The summed E-state index contributed by atoms with van der Waals surface area (Å²) < 4.78 is 5.56. The molecule has 9 heteroatoms. The number of nitrogens with zero attached hydrogens (tertiary/aromatic N) is 3. The van der Waals surface area contributed by atoms with Gasteiger partial charge in [0, 0.05) is 54.1 Å². The van der Waals surface area contributed by atoms with Crippen molar-refractivity contribution in [2.45, 2.75) is 72.1 Å². The number of non-ortho nitro benzene ring substituents is 1. The summed E-state index contributed by atoms with van der Waals surface area (Å²) in [6.07, 6.45) is 13.0. The number of hydrogen-bond donors (Lipinski definition) is 2. The number of carboxylic acids is 1. The van der Waals surface area contributed by atoms with Crippen LogP contribution in [0.15, 0.2) is 76.9 Å². The van der Waals surface area contributed by atoms with Crippen LogP contribution in [0.2, 0.25) is 0 Å². The number of rotatable bonds is 13. The van der Waals surface area contributed by atoms with Crippen LogP contribution in [0.4, 0.5) is 11.4 Å². The van der Waals surface area contributed by atoms with Gasteiger partial charge >= 0.3 is 5.97 Å². The summed E-state index contributed by atoms with van der Waals surface area (Å²) in [5.74, 6) is 0.0622. The van der Waals surface area contributed by atoms with Gasteiger partial charge in [-0.25, -0.2) is 0 Å². The first kappa shape index (κ1) is 32.2. The first-order valence-corrected chi connectivity index (χ1v) is 14.3. The Kier molecular flexibility index (Phi) is 10.4. The standard InChI is InChI=1S/C33H42N4O5/c1-7-19-36-29-14-12-25(42-6)21-27(29)33(4,5)30(36)15-10-23(22-34)9-8-17-32(2,3)26-20-24(37(40)41)11-13-28(26)35-18-16-31(38)39/h8-11,13,15,20-21,35H,7,12,14,16-19H2,1-6H3,(H,38,39)/b9-8+,23-10-,30-15+. The van der Waals surface area contributed by atoms with Crippen LogP contribution in [0, 0.1) is 26.9 Å². The molecule has 1 aliphatic carbocycles. The number of hydrogen-bond acceptors (Lipinski definition) is 7. The SMILES string of the molecule is CCCN1C2=C(C=C(OC)CC2)C(C)(C)\C1=C/C=C(C#N)/C=C/CC(C)(C)c1cc([N+](=O)[O-])ccc1NCCC(=O)O. The number of ether oxygens (including phenoxy) is 1. The lowest BCUT2D eigenvalue weighted by molar-refractivity contribution is -0.384. The monoisotopic (exact) mass is 574 g/mol. The van der Waals surface area contributed by atoms with Crippen LogP contribution in [-0.2, 0) is 14.9 Å². The zero-order valence-corrected chi connectivity index (χ0v) is 25.5. The average Bonchev–Trinajstić information content (AvgIpc) is 3.15. The summed E-state index contributed by atoms with van der Waals surface area (Å²) in [6, 6.07) is 6.85. The summed E-state index contributed by atoms with van der Waals surface area (Å²) in [4.78, 5) is 24.4. The van der Waals surface area contributed by atoms with E-state index in [4.69, 9.17) is 9.84 Å². The number of nitro benzene ring substituents is 1. The Morgan fingerprint density at radius 2 is 2.07 bits per heavy atom. The van der Waals surface area contributed by atoms with Crippen molar-refractivity contribution in [3.8, 4) is 6.07 Å². The van der Waals surface area contributed by atoms with E-state index >= 15 is 0 Å². The highest BCUT2D eigenvalue weighted by molar-refractivity contribution is 5.68. The molecule has 1 heterocycles. The van der Waals surface area contributed by atoms with Crippen LogP contribution in [0.1, 0.15) is 72.3 Å². The summed E-state index contributed by atoms with van der Waals surface area (Å²) in [5.41, 5.74) is 4.80. The predicted molar refractivity (Wildman–Crippen MR) is 165 cm³/mol. The Morgan fingerprint density at radius 3 is 2.69 bits per heavy atom. The van der Waals surface area contributed by atoms with Crippen molar-refractivity contribution in [3.63, 3.8) is 0 Å². The van der Waals surface area contributed by atoms with Crippen molar-refractivity contribution in [1.29, 1.82) is 5.26 Å². The fourth-order valence-corrected chi connectivity index (χ4v) is 5.63. The number of anilines is 1. The molecule has 9 nitrogen and oxygen atoms in total. The van der Waals surface area contributed by atoms with E-state index in [0.29, 0.717) is 23.2 Å². The van der Waals surface area contributed by atoms with Gasteiger partial charge in [0.15, 0.2) is 0 Å². The number of allylic oxidation sites excluding steroid dienone is 9. The molecule has 2 N–H and O–H groups in total. The van der Waals surface area contributed by atoms with Crippen LogP contribution in [-0.4, -0.2) is 41.1 Å². The zero-order valence-electron chi connectivity index (χ0n) is 25.5. The van der Waals surface area contributed by atoms with Crippen LogP contribution in [0.25, 0.3) is 0 Å². The van der Waals surface area contributed by atoms with Gasteiger partial charge in [0.25, 0.3) is 5.69 Å². The minimum atomic E-state index is -0.926. The maximum absolute atomic E-state index is 11.5. The van der Waals surface area contributed by atoms with Crippen LogP contribution >= 0.6 is 0 Å². The second-order valence-corrected chi connectivity index (χ2v) is 11.8. The molecule has 1 aliphatic heterocycles. The van der Waals surface area contributed by atoms with Crippen molar-refractivity contribution in [2.24, 2.45) is 5.41 Å². The zero-order chi connectivity index (χ0) is 31.1. The number of aliphatic carboxylic acids is 1. The average molecular weight is 575 g/mol. The molecule has 0 aromatic heterocycles. The van der Waals surface area contributed by atoms with Gasteiger partial charge in [-0.1, -0.05) is 40.7 Å². The molecular weight excluding hydrogens is 532 g/mol. The maximum Gasteiger partial charge on any atom is 0.305 e. The molecule has 0 atom stereocenters. The minimum absolute atomic E-state index is 0.0327. The summed E-state index contributed by atoms with van der Waals surface area (Å²) in [5, 5.41) is 33.5. The summed E-state index contributed by atoms with van der Waals surface area (Å²) >= 11 is 0. The largest absolute Gasteiger partial charge is 0.501 e. The van der Waals surface area contributed by atoms with E-state index in [1.165, 1.54) is 23.4 Å². The molecule has 42 heavy (non-hydrogen) atoms. The number of methoxy groups -OCH3 is 1. The van der Waals surface area contributed by atoms with Crippen molar-refractivity contribution in [2.75, 3.05) is 25.5 Å². The second-order valence-electron chi connectivity index (χ2n) is 11.8. The molecule has 0 amide bonds. The lowest BCUT2D eigenvalue weighted by Crippen LogP contribution is -2.24. The number of nitriles is 1. The van der Waals surface area contributed by atoms with Crippen molar-refractivity contribution >= 4 is 17.3 Å². The minimum Gasteiger partial charge on any atom is -0.501 e. The highest BCUT2D eigenvalue weighted by Gasteiger charge is 2.42. The van der Waals surface area contributed by atoms with Crippen molar-refractivity contribution in [3.05, 3.63) is 92.6 Å². The first-order valence-electron chi connectivity index (χ1n) is 14.3. The van der Waals surface area contributed by atoms with E-state index in [1.54, 1.807) is 19.3 Å². The second kappa shape index (κ2) is 13.6. The number of carbonyl (C=O) groups is 1. The van der Waals surface area contributed by atoms with Gasteiger partial charge in [-0.15, -0.1) is 0 Å². The van der Waals surface area contributed by atoms with Gasteiger partial charge < -0.3 is 20.1 Å². The quantitative estimate of drug-likeness (QED) is 0.108. The number of nitrogens with one attached hydrogen (secondary N) is 1. The third-order valence-electron chi connectivity index (χ3n) is 7.94. The van der Waals surface area contributed by atoms with Crippen molar-refractivity contribution < 1.29 is 19.6 Å². The number of carboxylic acid groups (broad SMARTS) is 1. The van der Waals surface area contributed by atoms with E-state index in [9.17, 15) is 20.2 Å². The Hall–Kier alpha value is -4.32. The number of benzene rings is 1. The molecule has 0 spiro atoms. The van der Waals surface area contributed by atoms with Crippen LogP contribution in [0.5, 0.6) is 0 Å². The Morgan fingerprint density at radius 1 is 1.33 bits per heavy atom. The van der Waals surface area contributed by atoms with Gasteiger partial charge in [-0.05, 0) is 66.2 Å². The Balaban J connectivity index is 1.86. The Labute approximate surface area is 248 Å². The molecule has 2 aliphatic rings. The molecule has 1 aromatic rings. The van der Waals surface area contributed by atoms with E-state index in [1.807, 2.05) is 32.1 Å². The van der Waals surface area contributed by atoms with Gasteiger partial charge in [0.1, 0.15) is 0 Å². The molecule has 224 valence electrons. The molecule has 0 saturated carbocycles. The molecule has 3 rings (SSSR count). The lowest BCUT2D eigenvalue weighted by Gasteiger charge is -2.28. The van der Waals surface area contributed by atoms with Crippen LogP contribution in [0.3, 0.4) is 0 Å². The molecule has 0 radical (unpaired) electrons. The first-order chi connectivity index (χ1) is 19.8. The molecule has 0 unspecified atom stereocenters. The van der Waals surface area contributed by atoms with E-state index in [2.05, 4.69) is 43.1 Å². The molecular formula is C33H42N4O5. The van der Waals surface area contributed by atoms with E-state index < -0.39 is 16.3 Å². The fourth-order valence-electron chi connectivity index (χ4n) is 5.63. The topological polar surface area (TPSA) is 129 Å². The third-order valence-corrected chi connectivity index (χ3v) is 7.94. The molecule has 1 aromatic carbocycles. The van der Waals surface area contributed by atoms with Gasteiger partial charge in [0.2, 0.25) is 0 Å². The normalized spacial score (nSPS) is 17.7. The molecule has 0 fully saturated rings. The van der Waals surface area contributed by atoms with Crippen molar-refractivity contribution in [1.82, 2.24) is 4.90 Å². The molecule has 0 bridgehead atoms. The van der Waals surface area contributed by atoms with Gasteiger partial charge in [0.05, 0.1) is 35.9 Å². The van der Waals surface area contributed by atoms with Crippen LogP contribution < -0.4 is 5.32 Å². The lowest BCUT2D eigenvalue weighted by atomic mass is 9.80. The van der Waals surface area contributed by atoms with E-state index in [-0.39, 0.29) is 24.1 Å². The highest BCUT2D eigenvalue weighted by atomic mass is 16.6. The highest BCUT2D eigenvalue weighted by Crippen LogP contribution is 2.51. The summed E-state index contributed by atoms with van der Waals surface area (Å²) in [6.45, 7) is 11.6. The fraction of sp³-hybridized carbons (Fsp3) is 0.455. The smallest absolute Gasteiger partial charge is 0.305 e.